The predicted molar refractivity (Wildman–Crippen MR) is 72.3 cm³/mol. The summed E-state index contributed by atoms with van der Waals surface area (Å²) in [6.45, 7) is 2.70. The fraction of sp³-hybridized carbons (Fsp3) is 0.429. The molecule has 1 atom stereocenters. The molecule has 0 saturated heterocycles. The molecule has 0 fully saturated rings. The summed E-state index contributed by atoms with van der Waals surface area (Å²) < 4.78 is 0. The lowest BCUT2D eigenvalue weighted by atomic mass is 9.95. The molecule has 0 saturated carbocycles. The zero-order valence-electron chi connectivity index (χ0n) is 10.4. The van der Waals surface area contributed by atoms with Crippen molar-refractivity contribution in [3.8, 4) is 6.07 Å². The largest absolute Gasteiger partial charge is 0.356 e. The van der Waals surface area contributed by atoms with E-state index < -0.39 is 0 Å². The summed E-state index contributed by atoms with van der Waals surface area (Å²) in [5, 5.41) is 12.6. The molecule has 0 spiro atoms. The summed E-state index contributed by atoms with van der Waals surface area (Å²) in [6.07, 6.45) is 1.83. The van der Waals surface area contributed by atoms with Crippen LogP contribution in [0.25, 0.3) is 0 Å². The van der Waals surface area contributed by atoms with E-state index in [0.717, 1.165) is 12.0 Å². The second-order valence-electron chi connectivity index (χ2n) is 4.12. The van der Waals surface area contributed by atoms with Gasteiger partial charge in [-0.25, -0.2) is 0 Å². The average molecular weight is 265 g/mol. The lowest BCUT2D eigenvalue weighted by molar-refractivity contribution is -0.121. The second kappa shape index (κ2) is 7.73. The number of hydrogen-bond acceptors (Lipinski definition) is 2. The van der Waals surface area contributed by atoms with Crippen molar-refractivity contribution in [1.82, 2.24) is 5.32 Å². The molecule has 0 bridgehead atoms. The third kappa shape index (κ3) is 4.77. The van der Waals surface area contributed by atoms with Gasteiger partial charge in [-0.15, -0.1) is 0 Å². The number of hydrogen-bond donors (Lipinski definition) is 1. The highest BCUT2D eigenvalue weighted by Gasteiger charge is 2.12. The first-order valence-electron chi connectivity index (χ1n) is 6.09. The van der Waals surface area contributed by atoms with Gasteiger partial charge < -0.3 is 5.32 Å². The van der Waals surface area contributed by atoms with Gasteiger partial charge in [0, 0.05) is 18.0 Å². The number of rotatable bonds is 6. The van der Waals surface area contributed by atoms with E-state index in [4.69, 9.17) is 16.9 Å². The zero-order valence-corrected chi connectivity index (χ0v) is 11.2. The summed E-state index contributed by atoms with van der Waals surface area (Å²) in [4.78, 5) is 11.5. The van der Waals surface area contributed by atoms with E-state index in [1.165, 1.54) is 0 Å². The van der Waals surface area contributed by atoms with Gasteiger partial charge in [0.05, 0.1) is 12.0 Å². The Balaban J connectivity index is 2.50. The van der Waals surface area contributed by atoms with Crippen LogP contribution in [0, 0.1) is 11.3 Å². The molecule has 1 aromatic rings. The molecule has 0 radical (unpaired) electrons. The van der Waals surface area contributed by atoms with Gasteiger partial charge in [-0.3, -0.25) is 4.79 Å². The standard InChI is InChI=1S/C14H17ClN2O/c1-2-9-17-14(18)8-5-12(10-16)11-3-6-13(15)7-4-11/h3-4,6-7,12H,2,5,8-9H2,1H3,(H,17,18). The smallest absolute Gasteiger partial charge is 0.220 e. The van der Waals surface area contributed by atoms with E-state index >= 15 is 0 Å². The van der Waals surface area contributed by atoms with E-state index in [9.17, 15) is 4.79 Å². The van der Waals surface area contributed by atoms with Gasteiger partial charge in [0.15, 0.2) is 0 Å². The maximum absolute atomic E-state index is 11.5. The number of nitriles is 1. The van der Waals surface area contributed by atoms with Crippen LogP contribution in [0.4, 0.5) is 0 Å². The normalized spacial score (nSPS) is 11.6. The van der Waals surface area contributed by atoms with Gasteiger partial charge in [-0.1, -0.05) is 30.7 Å². The average Bonchev–Trinajstić information content (AvgIpc) is 2.39. The molecular formula is C14H17ClN2O. The molecule has 0 heterocycles. The van der Waals surface area contributed by atoms with E-state index in [-0.39, 0.29) is 11.8 Å². The lowest BCUT2D eigenvalue weighted by Crippen LogP contribution is -2.24. The molecule has 0 aromatic heterocycles. The number of benzene rings is 1. The third-order valence-electron chi connectivity index (χ3n) is 2.66. The van der Waals surface area contributed by atoms with Crippen molar-refractivity contribution in [2.45, 2.75) is 32.1 Å². The maximum Gasteiger partial charge on any atom is 0.220 e. The maximum atomic E-state index is 11.5. The molecule has 1 rings (SSSR count). The predicted octanol–water partition coefficient (Wildman–Crippen LogP) is 3.25. The summed E-state index contributed by atoms with van der Waals surface area (Å²) in [7, 11) is 0. The Morgan fingerprint density at radius 1 is 1.44 bits per heavy atom. The number of amides is 1. The lowest BCUT2D eigenvalue weighted by Gasteiger charge is -2.09. The highest BCUT2D eigenvalue weighted by atomic mass is 35.5. The van der Waals surface area contributed by atoms with Crippen molar-refractivity contribution < 1.29 is 4.79 Å². The highest BCUT2D eigenvalue weighted by molar-refractivity contribution is 6.30. The minimum absolute atomic E-state index is 0.00561. The van der Waals surface area contributed by atoms with Crippen molar-refractivity contribution in [1.29, 1.82) is 5.26 Å². The van der Waals surface area contributed by atoms with E-state index in [1.54, 1.807) is 12.1 Å². The molecule has 0 aliphatic rings. The van der Waals surface area contributed by atoms with Crippen LogP contribution in [0.1, 0.15) is 37.7 Å². The van der Waals surface area contributed by atoms with E-state index in [2.05, 4.69) is 11.4 Å². The first kappa shape index (κ1) is 14.5. The molecule has 0 aliphatic heterocycles. The molecular weight excluding hydrogens is 248 g/mol. The topological polar surface area (TPSA) is 52.9 Å². The van der Waals surface area contributed by atoms with Crippen LogP contribution in [0.15, 0.2) is 24.3 Å². The number of halogens is 1. The number of carbonyl (C=O) groups is 1. The Kier molecular flexibility index (Phi) is 6.24. The minimum atomic E-state index is -0.255. The highest BCUT2D eigenvalue weighted by Crippen LogP contribution is 2.22. The fourth-order valence-corrected chi connectivity index (χ4v) is 1.76. The van der Waals surface area contributed by atoms with Crippen molar-refractivity contribution in [2.75, 3.05) is 6.54 Å². The number of nitrogens with one attached hydrogen (secondary N) is 1. The van der Waals surface area contributed by atoms with Crippen molar-refractivity contribution in [2.24, 2.45) is 0 Å². The van der Waals surface area contributed by atoms with Gasteiger partial charge in [0.1, 0.15) is 0 Å². The Hall–Kier alpha value is -1.53. The van der Waals surface area contributed by atoms with Crippen LogP contribution in [-0.4, -0.2) is 12.5 Å². The van der Waals surface area contributed by atoms with Crippen LogP contribution in [0.3, 0.4) is 0 Å². The summed E-state index contributed by atoms with van der Waals surface area (Å²) in [5.74, 6) is -0.249. The molecule has 18 heavy (non-hydrogen) atoms. The van der Waals surface area contributed by atoms with Crippen molar-refractivity contribution in [3.05, 3.63) is 34.9 Å². The first-order valence-corrected chi connectivity index (χ1v) is 6.47. The third-order valence-corrected chi connectivity index (χ3v) is 2.91. The summed E-state index contributed by atoms with van der Waals surface area (Å²) in [5.41, 5.74) is 0.908. The molecule has 1 aromatic carbocycles. The monoisotopic (exact) mass is 264 g/mol. The van der Waals surface area contributed by atoms with Gasteiger partial charge in [-0.05, 0) is 30.5 Å². The molecule has 1 N–H and O–H groups in total. The van der Waals surface area contributed by atoms with Crippen LogP contribution in [-0.2, 0) is 4.79 Å². The van der Waals surface area contributed by atoms with Gasteiger partial charge in [0.25, 0.3) is 0 Å². The van der Waals surface area contributed by atoms with Crippen LogP contribution < -0.4 is 5.32 Å². The van der Waals surface area contributed by atoms with Gasteiger partial charge >= 0.3 is 0 Å². The van der Waals surface area contributed by atoms with E-state index in [0.29, 0.717) is 24.4 Å². The van der Waals surface area contributed by atoms with Crippen LogP contribution in [0.2, 0.25) is 5.02 Å². The zero-order chi connectivity index (χ0) is 13.4. The number of nitrogens with zero attached hydrogens (tertiary/aromatic N) is 1. The first-order chi connectivity index (χ1) is 8.67. The summed E-state index contributed by atoms with van der Waals surface area (Å²) in [6, 6.07) is 9.42. The molecule has 96 valence electrons. The molecule has 3 nitrogen and oxygen atoms in total. The van der Waals surface area contributed by atoms with Gasteiger partial charge in [-0.2, -0.15) is 5.26 Å². The second-order valence-corrected chi connectivity index (χ2v) is 4.56. The van der Waals surface area contributed by atoms with Crippen LogP contribution >= 0.6 is 11.6 Å². The van der Waals surface area contributed by atoms with E-state index in [1.807, 2.05) is 19.1 Å². The minimum Gasteiger partial charge on any atom is -0.356 e. The fourth-order valence-electron chi connectivity index (χ4n) is 1.63. The van der Waals surface area contributed by atoms with Gasteiger partial charge in [0.2, 0.25) is 5.91 Å². The Morgan fingerprint density at radius 3 is 2.67 bits per heavy atom. The summed E-state index contributed by atoms with van der Waals surface area (Å²) >= 11 is 5.80. The Morgan fingerprint density at radius 2 is 2.11 bits per heavy atom. The van der Waals surface area contributed by atoms with Crippen molar-refractivity contribution in [3.63, 3.8) is 0 Å². The SMILES string of the molecule is CCCNC(=O)CCC(C#N)c1ccc(Cl)cc1. The molecule has 1 amide bonds. The Labute approximate surface area is 113 Å². The Bertz CT molecular complexity index is 422. The van der Waals surface area contributed by atoms with Crippen molar-refractivity contribution >= 4 is 17.5 Å². The van der Waals surface area contributed by atoms with Crippen LogP contribution in [0.5, 0.6) is 0 Å². The quantitative estimate of drug-likeness (QED) is 0.857. The molecule has 1 unspecified atom stereocenters. The number of carbonyl (C=O) groups excluding carboxylic acids is 1. The molecule has 0 aliphatic carbocycles. The molecule has 4 heteroatoms.